The molecule has 3 heterocycles. The first-order chi connectivity index (χ1) is 21.1. The van der Waals surface area contributed by atoms with Crippen molar-refractivity contribution in [1.29, 1.82) is 0 Å². The van der Waals surface area contributed by atoms with E-state index in [2.05, 4.69) is 10.6 Å². The van der Waals surface area contributed by atoms with Gasteiger partial charge in [0.05, 0.1) is 30.5 Å². The van der Waals surface area contributed by atoms with E-state index < -0.39 is 29.9 Å². The average Bonchev–Trinajstić information content (AvgIpc) is 3.02. The molecule has 0 saturated carbocycles. The Morgan fingerprint density at radius 2 is 1.84 bits per heavy atom. The van der Waals surface area contributed by atoms with Crippen LogP contribution in [-0.4, -0.2) is 90.8 Å². The number of nitrogens with zero attached hydrogens (tertiary/aromatic N) is 3. The van der Waals surface area contributed by atoms with Gasteiger partial charge in [0.15, 0.2) is 0 Å². The van der Waals surface area contributed by atoms with Crippen LogP contribution in [0.1, 0.15) is 17.5 Å². The van der Waals surface area contributed by atoms with E-state index in [-0.39, 0.29) is 12.6 Å². The van der Waals surface area contributed by atoms with Crippen molar-refractivity contribution in [2.24, 2.45) is 5.92 Å². The molecular formula is C32H36ClN5O6. The van der Waals surface area contributed by atoms with Crippen LogP contribution in [0.25, 0.3) is 22.4 Å². The van der Waals surface area contributed by atoms with Crippen molar-refractivity contribution in [2.45, 2.75) is 32.0 Å². The SMILES string of the molecule is COc1nc(-c2cccc(-c3cccc(NC(=O)C4CN(C)C(=O)N(C)C4=O)c3C)c2Cl)ccc1CN[C@@H]1CCOC[C@H]1O. The number of amides is 4. The van der Waals surface area contributed by atoms with E-state index in [1.54, 1.807) is 20.2 Å². The summed E-state index contributed by atoms with van der Waals surface area (Å²) in [5, 5.41) is 16.9. The van der Waals surface area contributed by atoms with Crippen molar-refractivity contribution >= 4 is 35.1 Å². The third kappa shape index (κ3) is 6.27. The van der Waals surface area contributed by atoms with Gasteiger partial charge in [0.1, 0.15) is 5.92 Å². The Hall–Kier alpha value is -4.03. The second-order valence-corrected chi connectivity index (χ2v) is 11.4. The molecule has 3 N–H and O–H groups in total. The van der Waals surface area contributed by atoms with E-state index in [0.717, 1.165) is 33.6 Å². The van der Waals surface area contributed by atoms with Gasteiger partial charge in [0.2, 0.25) is 17.7 Å². The average molecular weight is 622 g/mol. The number of carbonyl (C=O) groups excluding carboxylic acids is 3. The van der Waals surface area contributed by atoms with Crippen molar-refractivity contribution < 1.29 is 29.0 Å². The molecule has 0 spiro atoms. The van der Waals surface area contributed by atoms with Crippen LogP contribution in [0.15, 0.2) is 48.5 Å². The number of aromatic nitrogens is 1. The van der Waals surface area contributed by atoms with Crippen molar-refractivity contribution in [3.63, 3.8) is 0 Å². The lowest BCUT2D eigenvalue weighted by molar-refractivity contribution is -0.140. The predicted octanol–water partition coefficient (Wildman–Crippen LogP) is 3.70. The fourth-order valence-corrected chi connectivity index (χ4v) is 5.89. The van der Waals surface area contributed by atoms with E-state index in [9.17, 15) is 19.5 Å². The van der Waals surface area contributed by atoms with E-state index >= 15 is 0 Å². The topological polar surface area (TPSA) is 133 Å². The van der Waals surface area contributed by atoms with Crippen LogP contribution >= 0.6 is 11.6 Å². The number of benzene rings is 2. The standard InChI is InChI=1S/C32H36ClN5O6/c1-18-20(7-6-10-24(18)35-29(40)23-16-37(2)32(42)38(3)31(23)41)21-8-5-9-22(28(21)33)25-12-11-19(30(36-25)43-4)15-34-26-13-14-44-17-27(26)39/h5-12,23,26-27,34,39H,13-17H2,1-4H3,(H,35,40)/t23?,26-,27-/m1/s1. The van der Waals surface area contributed by atoms with Gasteiger partial charge in [-0.3, -0.25) is 14.5 Å². The summed E-state index contributed by atoms with van der Waals surface area (Å²) in [4.78, 5) is 45.0. The highest BCUT2D eigenvalue weighted by Gasteiger charge is 2.39. The maximum Gasteiger partial charge on any atom is 0.326 e. The molecule has 11 nitrogen and oxygen atoms in total. The van der Waals surface area contributed by atoms with Crippen LogP contribution in [0.3, 0.4) is 0 Å². The molecule has 0 aliphatic carbocycles. The van der Waals surface area contributed by atoms with E-state index in [0.29, 0.717) is 47.6 Å². The number of anilines is 1. The summed E-state index contributed by atoms with van der Waals surface area (Å²) in [7, 11) is 4.49. The molecule has 3 aromatic rings. The van der Waals surface area contributed by atoms with Crippen molar-refractivity contribution in [2.75, 3.05) is 46.3 Å². The lowest BCUT2D eigenvalue weighted by atomic mass is 9.96. The quantitative estimate of drug-likeness (QED) is 0.324. The van der Waals surface area contributed by atoms with E-state index in [1.165, 1.54) is 11.9 Å². The van der Waals surface area contributed by atoms with Crippen LogP contribution in [0, 0.1) is 12.8 Å². The molecule has 5 rings (SSSR count). The monoisotopic (exact) mass is 621 g/mol. The van der Waals surface area contributed by atoms with Crippen molar-refractivity contribution in [3.8, 4) is 28.3 Å². The Morgan fingerprint density at radius 1 is 1.11 bits per heavy atom. The number of ether oxygens (including phenoxy) is 2. The fourth-order valence-electron chi connectivity index (χ4n) is 5.56. The molecule has 0 bridgehead atoms. The molecule has 44 heavy (non-hydrogen) atoms. The molecule has 2 aliphatic heterocycles. The number of aliphatic hydroxyl groups excluding tert-OH is 1. The number of imide groups is 1. The molecule has 1 unspecified atom stereocenters. The molecule has 4 amide bonds. The lowest BCUT2D eigenvalue weighted by Gasteiger charge is -2.33. The predicted molar refractivity (Wildman–Crippen MR) is 166 cm³/mol. The molecule has 2 saturated heterocycles. The van der Waals surface area contributed by atoms with Crippen molar-refractivity contribution in [3.05, 3.63) is 64.7 Å². The summed E-state index contributed by atoms with van der Waals surface area (Å²) < 4.78 is 10.9. The molecular weight excluding hydrogens is 586 g/mol. The smallest absolute Gasteiger partial charge is 0.326 e. The summed E-state index contributed by atoms with van der Waals surface area (Å²) in [6.07, 6.45) is 0.151. The van der Waals surface area contributed by atoms with Gasteiger partial charge in [-0.1, -0.05) is 48.0 Å². The summed E-state index contributed by atoms with van der Waals surface area (Å²) in [5.74, 6) is -1.59. The highest BCUT2D eigenvalue weighted by molar-refractivity contribution is 6.36. The Balaban J connectivity index is 1.38. The highest BCUT2D eigenvalue weighted by atomic mass is 35.5. The van der Waals surface area contributed by atoms with Gasteiger partial charge >= 0.3 is 6.03 Å². The summed E-state index contributed by atoms with van der Waals surface area (Å²) in [6, 6.07) is 14.5. The van der Waals surface area contributed by atoms with Gasteiger partial charge in [0.25, 0.3) is 0 Å². The normalized spacial score (nSPS) is 20.5. The highest BCUT2D eigenvalue weighted by Crippen LogP contribution is 2.39. The Kier molecular flexibility index (Phi) is 9.50. The van der Waals surface area contributed by atoms with E-state index in [1.807, 2.05) is 49.4 Å². The first-order valence-corrected chi connectivity index (χ1v) is 14.7. The van der Waals surface area contributed by atoms with Crippen LogP contribution in [0.4, 0.5) is 10.5 Å². The first kappa shape index (κ1) is 31.4. The Morgan fingerprint density at radius 3 is 2.59 bits per heavy atom. The zero-order valence-electron chi connectivity index (χ0n) is 25.1. The number of aliphatic hydroxyl groups is 1. The third-order valence-corrected chi connectivity index (χ3v) is 8.59. The van der Waals surface area contributed by atoms with Crippen molar-refractivity contribution in [1.82, 2.24) is 20.1 Å². The summed E-state index contributed by atoms with van der Waals surface area (Å²) in [6.45, 7) is 3.26. The van der Waals surface area contributed by atoms with Crippen LogP contribution in [0.5, 0.6) is 5.88 Å². The molecule has 2 aliphatic rings. The van der Waals surface area contributed by atoms with Crippen LogP contribution in [-0.2, 0) is 20.9 Å². The Labute approximate surface area is 261 Å². The number of carbonyl (C=O) groups is 3. The second kappa shape index (κ2) is 13.3. The van der Waals surface area contributed by atoms with Gasteiger partial charge in [0, 0.05) is 62.2 Å². The largest absolute Gasteiger partial charge is 0.481 e. The molecule has 12 heteroatoms. The zero-order valence-corrected chi connectivity index (χ0v) is 25.9. The molecule has 1 aromatic heterocycles. The molecule has 3 atom stereocenters. The summed E-state index contributed by atoms with van der Waals surface area (Å²) in [5.41, 5.74) is 5.04. The number of methoxy groups -OCH3 is 1. The number of pyridine rings is 1. The van der Waals surface area contributed by atoms with Crippen LogP contribution in [0.2, 0.25) is 5.02 Å². The number of halogens is 1. The first-order valence-electron chi connectivity index (χ1n) is 14.4. The molecule has 0 radical (unpaired) electrons. The number of hydrogen-bond donors (Lipinski definition) is 3. The minimum Gasteiger partial charge on any atom is -0.481 e. The van der Waals surface area contributed by atoms with Gasteiger partial charge in [-0.15, -0.1) is 0 Å². The summed E-state index contributed by atoms with van der Waals surface area (Å²) >= 11 is 7.00. The van der Waals surface area contributed by atoms with Gasteiger partial charge < -0.3 is 30.1 Å². The molecule has 2 aromatic carbocycles. The number of rotatable bonds is 8. The van der Waals surface area contributed by atoms with Gasteiger partial charge in [-0.05, 0) is 36.6 Å². The number of hydrogen-bond acceptors (Lipinski definition) is 8. The lowest BCUT2D eigenvalue weighted by Crippen LogP contribution is -2.56. The van der Waals surface area contributed by atoms with Gasteiger partial charge in [-0.2, -0.15) is 0 Å². The maximum atomic E-state index is 13.2. The molecule has 2 fully saturated rings. The molecule has 232 valence electrons. The van der Waals surface area contributed by atoms with E-state index in [4.69, 9.17) is 26.1 Å². The zero-order chi connectivity index (χ0) is 31.5. The minimum absolute atomic E-state index is 0.00324. The number of nitrogens with one attached hydrogen (secondary N) is 2. The maximum absolute atomic E-state index is 13.2. The Bertz CT molecular complexity index is 1580. The minimum atomic E-state index is -1.02. The number of urea groups is 1. The van der Waals surface area contributed by atoms with Crippen LogP contribution < -0.4 is 15.4 Å². The van der Waals surface area contributed by atoms with Gasteiger partial charge in [-0.25, -0.2) is 9.78 Å². The third-order valence-electron chi connectivity index (χ3n) is 8.18. The fraction of sp³-hybridized carbons (Fsp3) is 0.375. The second-order valence-electron chi connectivity index (χ2n) is 11.0.